The minimum Gasteiger partial charge on any atom is -0.396 e. The Hall–Kier alpha value is -0.830. The van der Waals surface area contributed by atoms with E-state index in [0.29, 0.717) is 19.4 Å². The van der Waals surface area contributed by atoms with E-state index in [0.717, 1.165) is 5.57 Å². The van der Waals surface area contributed by atoms with Crippen LogP contribution >= 0.6 is 0 Å². The molecule has 0 aliphatic rings. The Morgan fingerprint density at radius 1 is 1.58 bits per heavy atom. The van der Waals surface area contributed by atoms with Crippen molar-refractivity contribution in [3.63, 3.8) is 0 Å². The highest BCUT2D eigenvalue weighted by atomic mass is 16.3. The van der Waals surface area contributed by atoms with Crippen molar-refractivity contribution in [2.75, 3.05) is 20.2 Å². The van der Waals surface area contributed by atoms with Gasteiger partial charge in [-0.25, -0.2) is 0 Å². The van der Waals surface area contributed by atoms with Gasteiger partial charge in [0.05, 0.1) is 0 Å². The zero-order valence-electron chi connectivity index (χ0n) is 7.84. The van der Waals surface area contributed by atoms with Crippen LogP contribution in [0.5, 0.6) is 0 Å². The summed E-state index contributed by atoms with van der Waals surface area (Å²) in [6.45, 7) is 6.28. The summed E-state index contributed by atoms with van der Waals surface area (Å²) in [6, 6.07) is 0. The summed E-state index contributed by atoms with van der Waals surface area (Å²) >= 11 is 0. The van der Waals surface area contributed by atoms with Crippen LogP contribution in [-0.2, 0) is 4.79 Å². The second-order valence-corrected chi connectivity index (χ2v) is 3.03. The van der Waals surface area contributed by atoms with E-state index >= 15 is 0 Å². The molecule has 0 atom stereocenters. The highest BCUT2D eigenvalue weighted by Gasteiger charge is 2.06. The van der Waals surface area contributed by atoms with Gasteiger partial charge in [-0.3, -0.25) is 4.79 Å². The lowest BCUT2D eigenvalue weighted by molar-refractivity contribution is -0.129. The molecule has 0 aromatic carbocycles. The summed E-state index contributed by atoms with van der Waals surface area (Å²) < 4.78 is 0. The number of aliphatic hydroxyl groups excluding tert-OH is 1. The second kappa shape index (κ2) is 5.77. The third-order valence-corrected chi connectivity index (χ3v) is 1.48. The fraction of sp³-hybridized carbons (Fsp3) is 0.667. The molecule has 0 heterocycles. The fourth-order valence-electron chi connectivity index (χ4n) is 0.914. The van der Waals surface area contributed by atoms with Crippen LogP contribution in [0.15, 0.2) is 12.2 Å². The Bertz CT molecular complexity index is 166. The first-order valence-corrected chi connectivity index (χ1v) is 4.07. The SMILES string of the molecule is C=C(C)CN(C)C(=O)CCCO. The van der Waals surface area contributed by atoms with Crippen LogP contribution in [0.3, 0.4) is 0 Å². The minimum atomic E-state index is 0.0621. The molecule has 0 aliphatic carbocycles. The van der Waals surface area contributed by atoms with Crippen molar-refractivity contribution in [3.05, 3.63) is 12.2 Å². The average Bonchev–Trinajstić information content (AvgIpc) is 1.98. The Morgan fingerprint density at radius 3 is 2.58 bits per heavy atom. The van der Waals surface area contributed by atoms with E-state index in [-0.39, 0.29) is 12.5 Å². The molecule has 0 saturated carbocycles. The minimum absolute atomic E-state index is 0.0621. The third kappa shape index (κ3) is 4.91. The molecule has 0 aromatic heterocycles. The molecule has 1 amide bonds. The summed E-state index contributed by atoms with van der Waals surface area (Å²) in [7, 11) is 1.74. The highest BCUT2D eigenvalue weighted by Crippen LogP contribution is 1.98. The molecule has 0 fully saturated rings. The Morgan fingerprint density at radius 2 is 2.17 bits per heavy atom. The van der Waals surface area contributed by atoms with Crippen molar-refractivity contribution in [2.24, 2.45) is 0 Å². The van der Waals surface area contributed by atoms with Crippen LogP contribution in [0.25, 0.3) is 0 Å². The molecule has 0 aliphatic heterocycles. The Labute approximate surface area is 73.7 Å². The Kier molecular flexibility index (Phi) is 5.37. The van der Waals surface area contributed by atoms with Gasteiger partial charge < -0.3 is 10.0 Å². The molecule has 0 bridgehead atoms. The normalized spacial score (nSPS) is 9.58. The molecule has 0 saturated heterocycles. The van der Waals surface area contributed by atoms with Gasteiger partial charge in [0.1, 0.15) is 0 Å². The van der Waals surface area contributed by atoms with E-state index in [1.54, 1.807) is 11.9 Å². The summed E-state index contributed by atoms with van der Waals surface area (Å²) in [4.78, 5) is 12.8. The average molecular weight is 171 g/mol. The first kappa shape index (κ1) is 11.2. The Balaban J connectivity index is 3.69. The number of nitrogens with zero attached hydrogens (tertiary/aromatic N) is 1. The van der Waals surface area contributed by atoms with Gasteiger partial charge in [-0.05, 0) is 13.3 Å². The zero-order chi connectivity index (χ0) is 9.56. The number of likely N-dealkylation sites (N-methyl/N-ethyl adjacent to an activating group) is 1. The maximum Gasteiger partial charge on any atom is 0.222 e. The monoisotopic (exact) mass is 171 g/mol. The van der Waals surface area contributed by atoms with Gasteiger partial charge in [0.2, 0.25) is 5.91 Å². The van der Waals surface area contributed by atoms with E-state index in [2.05, 4.69) is 6.58 Å². The van der Waals surface area contributed by atoms with E-state index < -0.39 is 0 Å². The first-order chi connectivity index (χ1) is 5.57. The summed E-state index contributed by atoms with van der Waals surface area (Å²) in [5.41, 5.74) is 0.967. The van der Waals surface area contributed by atoms with E-state index in [9.17, 15) is 4.79 Å². The topological polar surface area (TPSA) is 40.5 Å². The molecule has 0 rings (SSSR count). The van der Waals surface area contributed by atoms with Gasteiger partial charge in [-0.1, -0.05) is 12.2 Å². The summed E-state index contributed by atoms with van der Waals surface area (Å²) in [5, 5.41) is 8.49. The van der Waals surface area contributed by atoms with Crippen molar-refractivity contribution in [1.82, 2.24) is 4.90 Å². The predicted molar refractivity (Wildman–Crippen MR) is 48.8 cm³/mol. The summed E-state index contributed by atoms with van der Waals surface area (Å²) in [5.74, 6) is 0.0621. The highest BCUT2D eigenvalue weighted by molar-refractivity contribution is 5.76. The van der Waals surface area contributed by atoms with Crippen molar-refractivity contribution in [3.8, 4) is 0 Å². The summed E-state index contributed by atoms with van der Waals surface area (Å²) in [6.07, 6.45) is 0.958. The number of hydrogen-bond acceptors (Lipinski definition) is 2. The molecule has 3 nitrogen and oxygen atoms in total. The molecular weight excluding hydrogens is 154 g/mol. The van der Waals surface area contributed by atoms with Gasteiger partial charge in [-0.2, -0.15) is 0 Å². The predicted octanol–water partition coefficient (Wildman–Crippen LogP) is 0.793. The van der Waals surface area contributed by atoms with E-state index in [4.69, 9.17) is 5.11 Å². The van der Waals surface area contributed by atoms with E-state index in [1.807, 2.05) is 6.92 Å². The number of aliphatic hydroxyl groups is 1. The maximum atomic E-state index is 11.2. The van der Waals surface area contributed by atoms with Crippen molar-refractivity contribution >= 4 is 5.91 Å². The molecule has 0 unspecified atom stereocenters. The molecule has 12 heavy (non-hydrogen) atoms. The van der Waals surface area contributed by atoms with Crippen LogP contribution in [0.2, 0.25) is 0 Å². The zero-order valence-corrected chi connectivity index (χ0v) is 7.84. The lowest BCUT2D eigenvalue weighted by Crippen LogP contribution is -2.27. The van der Waals surface area contributed by atoms with Crippen LogP contribution in [0.1, 0.15) is 19.8 Å². The number of hydrogen-bond donors (Lipinski definition) is 1. The van der Waals surface area contributed by atoms with Crippen LogP contribution in [-0.4, -0.2) is 36.1 Å². The number of amides is 1. The van der Waals surface area contributed by atoms with Crippen LogP contribution < -0.4 is 0 Å². The molecule has 0 radical (unpaired) electrons. The molecular formula is C9H17NO2. The van der Waals surface area contributed by atoms with Gasteiger partial charge in [-0.15, -0.1) is 0 Å². The van der Waals surface area contributed by atoms with Crippen molar-refractivity contribution in [1.29, 1.82) is 0 Å². The van der Waals surface area contributed by atoms with Gasteiger partial charge in [0.25, 0.3) is 0 Å². The number of carbonyl (C=O) groups is 1. The largest absolute Gasteiger partial charge is 0.396 e. The molecule has 0 aromatic rings. The third-order valence-electron chi connectivity index (χ3n) is 1.48. The first-order valence-electron chi connectivity index (χ1n) is 4.07. The fourth-order valence-corrected chi connectivity index (χ4v) is 0.914. The molecule has 3 heteroatoms. The molecule has 1 N–H and O–H groups in total. The lowest BCUT2D eigenvalue weighted by Gasteiger charge is -2.16. The second-order valence-electron chi connectivity index (χ2n) is 3.03. The number of carbonyl (C=O) groups excluding carboxylic acids is 1. The lowest BCUT2D eigenvalue weighted by atomic mass is 10.2. The van der Waals surface area contributed by atoms with Crippen LogP contribution in [0.4, 0.5) is 0 Å². The van der Waals surface area contributed by atoms with Crippen LogP contribution in [0, 0.1) is 0 Å². The maximum absolute atomic E-state index is 11.2. The number of rotatable bonds is 5. The quantitative estimate of drug-likeness (QED) is 0.621. The van der Waals surface area contributed by atoms with Gasteiger partial charge in [0, 0.05) is 26.6 Å². The van der Waals surface area contributed by atoms with E-state index in [1.165, 1.54) is 0 Å². The molecule has 70 valence electrons. The van der Waals surface area contributed by atoms with Crippen molar-refractivity contribution < 1.29 is 9.90 Å². The van der Waals surface area contributed by atoms with Gasteiger partial charge >= 0.3 is 0 Å². The molecule has 0 spiro atoms. The van der Waals surface area contributed by atoms with Crippen molar-refractivity contribution in [2.45, 2.75) is 19.8 Å². The smallest absolute Gasteiger partial charge is 0.222 e. The standard InChI is InChI=1S/C9H17NO2/c1-8(2)7-10(3)9(12)5-4-6-11/h11H,1,4-7H2,2-3H3. The van der Waals surface area contributed by atoms with Gasteiger partial charge in [0.15, 0.2) is 0 Å².